The van der Waals surface area contributed by atoms with Crippen molar-refractivity contribution < 1.29 is 14.7 Å². The van der Waals surface area contributed by atoms with E-state index in [4.69, 9.17) is 11.6 Å². The molecule has 1 aliphatic heterocycles. The molecule has 8 heteroatoms. The first-order valence-electron chi connectivity index (χ1n) is 11.1. The van der Waals surface area contributed by atoms with Gasteiger partial charge < -0.3 is 14.9 Å². The van der Waals surface area contributed by atoms with Crippen molar-refractivity contribution in [2.45, 2.75) is 19.4 Å². The highest BCUT2D eigenvalue weighted by atomic mass is 35.5. The van der Waals surface area contributed by atoms with Crippen LogP contribution in [0.3, 0.4) is 0 Å². The number of hydrogen-bond acceptors (Lipinski definition) is 5. The van der Waals surface area contributed by atoms with E-state index in [0.717, 1.165) is 12.2 Å². The number of likely N-dealkylation sites (tertiary alicyclic amines) is 1. The summed E-state index contributed by atoms with van der Waals surface area (Å²) in [4.78, 5) is 29.8. The number of aliphatic hydroxyl groups is 1. The molecule has 3 aromatic rings. The first kappa shape index (κ1) is 23.7. The summed E-state index contributed by atoms with van der Waals surface area (Å²) in [6.45, 7) is 2.95. The van der Waals surface area contributed by atoms with Crippen molar-refractivity contribution in [2.75, 3.05) is 27.2 Å². The normalized spacial score (nSPS) is 17.7. The summed E-state index contributed by atoms with van der Waals surface area (Å²) in [6, 6.07) is 15.8. The number of aliphatic hydroxyl groups excluding tert-OH is 1. The highest BCUT2D eigenvalue weighted by Crippen LogP contribution is 2.40. The highest BCUT2D eigenvalue weighted by Gasteiger charge is 2.46. The molecule has 0 radical (unpaired) electrons. The van der Waals surface area contributed by atoms with E-state index in [0.29, 0.717) is 34.8 Å². The maximum Gasteiger partial charge on any atom is 0.295 e. The van der Waals surface area contributed by atoms with Crippen molar-refractivity contribution in [3.05, 3.63) is 88.2 Å². The Labute approximate surface area is 203 Å². The number of rotatable bonds is 7. The van der Waals surface area contributed by atoms with Crippen LogP contribution in [-0.4, -0.2) is 63.6 Å². The molecule has 4 rings (SSSR count). The summed E-state index contributed by atoms with van der Waals surface area (Å²) in [5, 5.41) is 16.3. The number of Topliss-reactive ketones (excluding diaryl/α,β-unsaturated/α-hetero) is 1. The van der Waals surface area contributed by atoms with E-state index in [1.54, 1.807) is 22.9 Å². The van der Waals surface area contributed by atoms with E-state index in [2.05, 4.69) is 5.10 Å². The smallest absolute Gasteiger partial charge is 0.295 e. The van der Waals surface area contributed by atoms with Gasteiger partial charge in [-0.25, -0.2) is 4.68 Å². The minimum atomic E-state index is -0.736. The molecule has 0 saturated carbocycles. The zero-order valence-corrected chi connectivity index (χ0v) is 20.2. The number of hydrogen-bond donors (Lipinski definition) is 1. The molecule has 0 bridgehead atoms. The predicted octanol–water partition coefficient (Wildman–Crippen LogP) is 4.21. The fourth-order valence-electron chi connectivity index (χ4n) is 4.31. The number of ketones is 1. The Morgan fingerprint density at radius 3 is 2.53 bits per heavy atom. The summed E-state index contributed by atoms with van der Waals surface area (Å²) in [6.07, 6.45) is 2.20. The van der Waals surface area contributed by atoms with Crippen LogP contribution in [0, 0.1) is 6.92 Å². The van der Waals surface area contributed by atoms with E-state index in [1.165, 1.54) is 11.1 Å². The van der Waals surface area contributed by atoms with Crippen molar-refractivity contribution in [2.24, 2.45) is 0 Å². The zero-order valence-electron chi connectivity index (χ0n) is 19.4. The molecule has 0 spiro atoms. The van der Waals surface area contributed by atoms with Crippen LogP contribution in [0.2, 0.25) is 5.02 Å². The number of aromatic nitrogens is 2. The number of carbonyl (C=O) groups excluding carboxylic acids is 2. The molecule has 1 saturated heterocycles. The largest absolute Gasteiger partial charge is 0.507 e. The van der Waals surface area contributed by atoms with E-state index < -0.39 is 17.7 Å². The minimum Gasteiger partial charge on any atom is -0.507 e. The summed E-state index contributed by atoms with van der Waals surface area (Å²) in [7, 11) is 3.91. The third-order valence-electron chi connectivity index (χ3n) is 5.97. The molecule has 0 unspecified atom stereocenters. The van der Waals surface area contributed by atoms with Crippen molar-refractivity contribution in [1.82, 2.24) is 19.6 Å². The molecule has 1 atom stereocenters. The Hall–Kier alpha value is -3.42. The van der Waals surface area contributed by atoms with Crippen LogP contribution in [-0.2, 0) is 9.59 Å². The molecule has 2 aromatic carbocycles. The number of para-hydroxylation sites is 1. The van der Waals surface area contributed by atoms with E-state index in [1.807, 2.05) is 62.3 Å². The van der Waals surface area contributed by atoms with Crippen LogP contribution in [0.1, 0.15) is 29.3 Å². The second kappa shape index (κ2) is 9.83. The topological polar surface area (TPSA) is 78.7 Å². The number of amides is 1. The zero-order chi connectivity index (χ0) is 24.4. The van der Waals surface area contributed by atoms with Crippen molar-refractivity contribution in [3.8, 4) is 5.69 Å². The van der Waals surface area contributed by atoms with Gasteiger partial charge in [0, 0.05) is 11.6 Å². The molecule has 176 valence electrons. The second-order valence-corrected chi connectivity index (χ2v) is 9.03. The third-order valence-corrected chi connectivity index (χ3v) is 6.21. The summed E-state index contributed by atoms with van der Waals surface area (Å²) >= 11 is 6.24. The molecular formula is C26H27ClN4O3. The molecule has 1 aliphatic rings. The summed E-state index contributed by atoms with van der Waals surface area (Å²) < 4.78 is 1.69. The van der Waals surface area contributed by atoms with Crippen molar-refractivity contribution >= 4 is 29.1 Å². The lowest BCUT2D eigenvalue weighted by atomic mass is 9.95. The van der Waals surface area contributed by atoms with E-state index in [-0.39, 0.29) is 11.3 Å². The molecule has 1 fully saturated rings. The third kappa shape index (κ3) is 4.49. The number of halogens is 1. The first-order valence-corrected chi connectivity index (χ1v) is 11.5. The van der Waals surface area contributed by atoms with Crippen LogP contribution in [0.15, 0.2) is 66.4 Å². The molecule has 7 nitrogen and oxygen atoms in total. The van der Waals surface area contributed by atoms with Gasteiger partial charge in [-0.1, -0.05) is 41.9 Å². The van der Waals surface area contributed by atoms with Gasteiger partial charge in [-0.3, -0.25) is 9.59 Å². The van der Waals surface area contributed by atoms with Gasteiger partial charge in [0.1, 0.15) is 5.76 Å². The fraction of sp³-hybridized carbons (Fsp3) is 0.269. The number of benzene rings is 2. The van der Waals surface area contributed by atoms with Gasteiger partial charge in [-0.05, 0) is 63.8 Å². The molecule has 1 aromatic heterocycles. The Kier molecular flexibility index (Phi) is 6.86. The Balaban J connectivity index is 1.81. The van der Waals surface area contributed by atoms with Gasteiger partial charge >= 0.3 is 0 Å². The lowest BCUT2D eigenvalue weighted by molar-refractivity contribution is -0.139. The SMILES string of the molecule is Cc1c(C(O)=C2C(=O)C(=O)N(CCCN(C)C)[C@@H]2c2cccc(Cl)c2)cnn1-c1ccccc1. The van der Waals surface area contributed by atoms with E-state index >= 15 is 0 Å². The minimum absolute atomic E-state index is 0.0489. The van der Waals surface area contributed by atoms with Gasteiger partial charge in [0.25, 0.3) is 11.7 Å². The van der Waals surface area contributed by atoms with Crippen LogP contribution >= 0.6 is 11.6 Å². The maximum atomic E-state index is 13.2. The predicted molar refractivity (Wildman–Crippen MR) is 132 cm³/mol. The average Bonchev–Trinajstić information content (AvgIpc) is 3.32. The quantitative estimate of drug-likeness (QED) is 0.312. The van der Waals surface area contributed by atoms with Gasteiger partial charge in [0.05, 0.1) is 34.8 Å². The van der Waals surface area contributed by atoms with E-state index in [9.17, 15) is 14.7 Å². The summed E-state index contributed by atoms with van der Waals surface area (Å²) in [5.74, 6) is -1.57. The average molecular weight is 479 g/mol. The highest BCUT2D eigenvalue weighted by molar-refractivity contribution is 6.46. The van der Waals surface area contributed by atoms with Gasteiger partial charge in [0.15, 0.2) is 0 Å². The monoisotopic (exact) mass is 478 g/mol. The maximum absolute atomic E-state index is 13.2. The Bertz CT molecular complexity index is 1250. The molecule has 34 heavy (non-hydrogen) atoms. The molecule has 1 amide bonds. The Morgan fingerprint density at radius 1 is 1.12 bits per heavy atom. The molecule has 2 heterocycles. The van der Waals surface area contributed by atoms with Gasteiger partial charge in [-0.15, -0.1) is 0 Å². The van der Waals surface area contributed by atoms with Gasteiger partial charge in [0.2, 0.25) is 0 Å². The lowest BCUT2D eigenvalue weighted by Crippen LogP contribution is -2.32. The fourth-order valence-corrected chi connectivity index (χ4v) is 4.51. The van der Waals surface area contributed by atoms with Crippen LogP contribution in [0.5, 0.6) is 0 Å². The van der Waals surface area contributed by atoms with Crippen molar-refractivity contribution in [1.29, 1.82) is 0 Å². The standard InChI is InChI=1S/C26H27ClN4O3/c1-17-21(16-28-31(17)20-11-5-4-6-12-20)24(32)22-23(18-9-7-10-19(27)15-18)30(26(34)25(22)33)14-8-13-29(2)3/h4-7,9-12,15-16,23,32H,8,13-14H2,1-3H3/t23-/m1/s1. The van der Waals surface area contributed by atoms with Crippen molar-refractivity contribution in [3.63, 3.8) is 0 Å². The number of carbonyl (C=O) groups is 2. The first-order chi connectivity index (χ1) is 16.3. The van der Waals surface area contributed by atoms with Crippen LogP contribution in [0.4, 0.5) is 0 Å². The Morgan fingerprint density at radius 2 is 1.85 bits per heavy atom. The van der Waals surface area contributed by atoms with Crippen LogP contribution < -0.4 is 0 Å². The lowest BCUT2D eigenvalue weighted by Gasteiger charge is -2.26. The molecular weight excluding hydrogens is 452 g/mol. The van der Waals surface area contributed by atoms with Crippen LogP contribution in [0.25, 0.3) is 11.4 Å². The molecule has 0 aliphatic carbocycles. The second-order valence-electron chi connectivity index (χ2n) is 8.60. The number of nitrogens with zero attached hydrogens (tertiary/aromatic N) is 4. The summed E-state index contributed by atoms with van der Waals surface area (Å²) in [5.41, 5.74) is 2.61. The molecule has 1 N–H and O–H groups in total. The van der Waals surface area contributed by atoms with Gasteiger partial charge in [-0.2, -0.15) is 5.10 Å².